The number of hydrogen-bond acceptors (Lipinski definition) is 2. The van der Waals surface area contributed by atoms with Crippen molar-refractivity contribution in [1.29, 1.82) is 0 Å². The molecular formula is C8H20O2Si2. The molecule has 0 aromatic rings. The second-order valence-corrected chi connectivity index (χ2v) is 11.8. The summed E-state index contributed by atoms with van der Waals surface area (Å²) in [5.74, 6) is 0. The van der Waals surface area contributed by atoms with Crippen LogP contribution in [0.5, 0.6) is 0 Å². The molecule has 0 saturated carbocycles. The maximum Gasteiger partial charge on any atom is 0.209 e. The van der Waals surface area contributed by atoms with Crippen LogP contribution in [0.3, 0.4) is 0 Å². The van der Waals surface area contributed by atoms with Crippen molar-refractivity contribution in [1.82, 2.24) is 0 Å². The van der Waals surface area contributed by atoms with Gasteiger partial charge in [0, 0.05) is 14.2 Å². The van der Waals surface area contributed by atoms with Crippen LogP contribution in [0.2, 0.25) is 26.2 Å². The van der Waals surface area contributed by atoms with Gasteiger partial charge < -0.3 is 8.85 Å². The summed E-state index contributed by atoms with van der Waals surface area (Å²) in [5, 5.41) is 0. The molecule has 72 valence electrons. The molecule has 0 heterocycles. The molecule has 0 spiro atoms. The largest absolute Gasteiger partial charge is 0.417 e. The fourth-order valence-corrected chi connectivity index (χ4v) is 4.02. The molecule has 0 bridgehead atoms. The smallest absolute Gasteiger partial charge is 0.209 e. The van der Waals surface area contributed by atoms with Crippen LogP contribution in [-0.4, -0.2) is 30.9 Å². The van der Waals surface area contributed by atoms with E-state index in [0.717, 1.165) is 0 Å². The lowest BCUT2D eigenvalue weighted by Crippen LogP contribution is -2.31. The highest BCUT2D eigenvalue weighted by Gasteiger charge is 2.21. The Balaban J connectivity index is 4.23. The fourth-order valence-electron chi connectivity index (χ4n) is 0.537. The molecule has 0 rings (SSSR count). The SMILES string of the molecule is CO[Si](C)(C)C=C[Si](C)(C)OC. The predicted molar refractivity (Wildman–Crippen MR) is 58.1 cm³/mol. The van der Waals surface area contributed by atoms with Crippen molar-refractivity contribution in [3.05, 3.63) is 11.4 Å². The molecule has 0 atom stereocenters. The van der Waals surface area contributed by atoms with Crippen molar-refractivity contribution in [2.45, 2.75) is 26.2 Å². The minimum absolute atomic E-state index is 1.53. The van der Waals surface area contributed by atoms with Crippen LogP contribution in [0.1, 0.15) is 0 Å². The van der Waals surface area contributed by atoms with Crippen LogP contribution in [0, 0.1) is 0 Å². The van der Waals surface area contributed by atoms with Crippen molar-refractivity contribution in [2.75, 3.05) is 14.2 Å². The first-order valence-corrected chi connectivity index (χ1v) is 10.1. The average Bonchev–Trinajstić information content (AvgIpc) is 2.02. The summed E-state index contributed by atoms with van der Waals surface area (Å²) < 4.78 is 10.8. The van der Waals surface area contributed by atoms with Gasteiger partial charge in [-0.1, -0.05) is 11.4 Å². The van der Waals surface area contributed by atoms with E-state index in [-0.39, 0.29) is 0 Å². The second kappa shape index (κ2) is 4.36. The van der Waals surface area contributed by atoms with E-state index in [4.69, 9.17) is 8.85 Å². The van der Waals surface area contributed by atoms with E-state index in [9.17, 15) is 0 Å². The minimum atomic E-state index is -1.53. The van der Waals surface area contributed by atoms with E-state index in [0.29, 0.717) is 0 Å². The molecule has 0 aromatic carbocycles. The van der Waals surface area contributed by atoms with E-state index in [1.54, 1.807) is 14.2 Å². The Morgan fingerprint density at radius 3 is 1.17 bits per heavy atom. The topological polar surface area (TPSA) is 18.5 Å². The van der Waals surface area contributed by atoms with Crippen molar-refractivity contribution >= 4 is 16.6 Å². The summed E-state index contributed by atoms with van der Waals surface area (Å²) in [5.41, 5.74) is 4.42. The summed E-state index contributed by atoms with van der Waals surface area (Å²) in [6.07, 6.45) is 0. The van der Waals surface area contributed by atoms with E-state index in [1.165, 1.54) is 0 Å². The molecule has 0 fully saturated rings. The highest BCUT2D eigenvalue weighted by atomic mass is 28.4. The van der Waals surface area contributed by atoms with Gasteiger partial charge in [0.1, 0.15) is 0 Å². The first kappa shape index (κ1) is 12.1. The van der Waals surface area contributed by atoms with E-state index in [2.05, 4.69) is 37.6 Å². The molecule has 0 aliphatic heterocycles. The van der Waals surface area contributed by atoms with Gasteiger partial charge in [-0.3, -0.25) is 0 Å². The van der Waals surface area contributed by atoms with Gasteiger partial charge in [-0.15, -0.1) is 0 Å². The Morgan fingerprint density at radius 1 is 0.750 bits per heavy atom. The zero-order valence-electron chi connectivity index (χ0n) is 8.97. The zero-order valence-corrected chi connectivity index (χ0v) is 11.0. The maximum atomic E-state index is 5.40. The molecule has 0 aliphatic carbocycles. The first-order valence-electron chi connectivity index (χ1n) is 4.14. The van der Waals surface area contributed by atoms with Crippen molar-refractivity contribution in [2.24, 2.45) is 0 Å². The molecule has 4 heteroatoms. The fraction of sp³-hybridized carbons (Fsp3) is 0.750. The van der Waals surface area contributed by atoms with Gasteiger partial charge in [0.2, 0.25) is 16.6 Å². The Labute approximate surface area is 77.8 Å². The Morgan fingerprint density at radius 2 is 1.00 bits per heavy atom. The average molecular weight is 204 g/mol. The second-order valence-electron chi connectivity index (χ2n) is 3.95. The third kappa shape index (κ3) is 4.87. The van der Waals surface area contributed by atoms with Crippen LogP contribution < -0.4 is 0 Å². The standard InChI is InChI=1S/C8H20O2Si2/c1-9-11(3,4)7-8-12(5,6)10-2/h7-8H,1-6H3. The van der Waals surface area contributed by atoms with Gasteiger partial charge in [-0.25, -0.2) is 0 Å². The van der Waals surface area contributed by atoms with E-state index in [1.807, 2.05) is 0 Å². The van der Waals surface area contributed by atoms with Crippen LogP contribution in [0.4, 0.5) is 0 Å². The van der Waals surface area contributed by atoms with Crippen LogP contribution in [0.15, 0.2) is 11.4 Å². The van der Waals surface area contributed by atoms with Crippen LogP contribution >= 0.6 is 0 Å². The third-order valence-corrected chi connectivity index (χ3v) is 6.31. The summed E-state index contributed by atoms with van der Waals surface area (Å²) in [6.45, 7) is 8.68. The monoisotopic (exact) mass is 204 g/mol. The molecule has 0 radical (unpaired) electrons. The maximum absolute atomic E-state index is 5.40. The van der Waals surface area contributed by atoms with Gasteiger partial charge in [-0.05, 0) is 26.2 Å². The van der Waals surface area contributed by atoms with Gasteiger partial charge in [-0.2, -0.15) is 0 Å². The van der Waals surface area contributed by atoms with Gasteiger partial charge >= 0.3 is 0 Å². The normalized spacial score (nSPS) is 14.2. The van der Waals surface area contributed by atoms with Gasteiger partial charge in [0.25, 0.3) is 0 Å². The molecule has 0 amide bonds. The zero-order chi connectivity index (χ0) is 9.83. The van der Waals surface area contributed by atoms with E-state index >= 15 is 0 Å². The number of rotatable bonds is 4. The molecule has 0 saturated heterocycles. The van der Waals surface area contributed by atoms with Crippen molar-refractivity contribution in [3.63, 3.8) is 0 Å². The van der Waals surface area contributed by atoms with Crippen LogP contribution in [-0.2, 0) is 8.85 Å². The van der Waals surface area contributed by atoms with Crippen LogP contribution in [0.25, 0.3) is 0 Å². The Hall–Kier alpha value is 0.0938. The molecule has 2 nitrogen and oxygen atoms in total. The number of hydrogen-bond donors (Lipinski definition) is 0. The molecule has 0 N–H and O–H groups in total. The molecule has 0 aromatic heterocycles. The Kier molecular flexibility index (Phi) is 4.40. The lowest BCUT2D eigenvalue weighted by atomic mass is 11.2. The highest BCUT2D eigenvalue weighted by molar-refractivity contribution is 6.81. The molecule has 12 heavy (non-hydrogen) atoms. The highest BCUT2D eigenvalue weighted by Crippen LogP contribution is 2.09. The molecular weight excluding hydrogens is 184 g/mol. The minimum Gasteiger partial charge on any atom is -0.417 e. The quantitative estimate of drug-likeness (QED) is 0.654. The van der Waals surface area contributed by atoms with Gasteiger partial charge in [0.15, 0.2) is 0 Å². The molecule has 0 aliphatic rings. The van der Waals surface area contributed by atoms with Crippen molar-refractivity contribution in [3.8, 4) is 0 Å². The first-order chi connectivity index (χ1) is 5.33. The summed E-state index contributed by atoms with van der Waals surface area (Å²) in [4.78, 5) is 0. The van der Waals surface area contributed by atoms with Crippen molar-refractivity contribution < 1.29 is 8.85 Å². The van der Waals surface area contributed by atoms with E-state index < -0.39 is 16.6 Å². The lowest BCUT2D eigenvalue weighted by molar-refractivity contribution is 0.411. The summed E-state index contributed by atoms with van der Waals surface area (Å²) in [6, 6.07) is 0. The lowest BCUT2D eigenvalue weighted by Gasteiger charge is -2.19. The Bertz CT molecular complexity index is 146. The third-order valence-electron chi connectivity index (χ3n) is 1.94. The van der Waals surface area contributed by atoms with Gasteiger partial charge in [0.05, 0.1) is 0 Å². The summed E-state index contributed by atoms with van der Waals surface area (Å²) >= 11 is 0. The summed E-state index contributed by atoms with van der Waals surface area (Å²) in [7, 11) is 0.493. The molecule has 0 unspecified atom stereocenters. The predicted octanol–water partition coefficient (Wildman–Crippen LogP) is 2.32.